The number of hydrogen-bond donors (Lipinski definition) is 3. The predicted molar refractivity (Wildman–Crippen MR) is 169 cm³/mol. The molecule has 0 aromatic heterocycles. The zero-order valence-electron chi connectivity index (χ0n) is 24.5. The van der Waals surface area contributed by atoms with E-state index >= 15 is 0 Å². The van der Waals surface area contributed by atoms with E-state index in [4.69, 9.17) is 10.5 Å². The molecule has 3 atom stereocenters. The molecule has 4 N–H and O–H groups in total. The molecule has 4 rings (SSSR count). The fourth-order valence-electron chi connectivity index (χ4n) is 5.38. The molecule has 3 aromatic carbocycles. The molecule has 0 aliphatic heterocycles. The monoisotopic (exact) mass is 587 g/mol. The van der Waals surface area contributed by atoms with Crippen LogP contribution in [0.25, 0.3) is 11.1 Å². The minimum Gasteiger partial charge on any atom is -0.463 e. The molecule has 0 fully saturated rings. The first-order valence-corrected chi connectivity index (χ1v) is 15.9. The lowest BCUT2D eigenvalue weighted by Crippen LogP contribution is -2.55. The van der Waals surface area contributed by atoms with E-state index in [9.17, 15) is 14.4 Å². The first kappa shape index (κ1) is 31.3. The van der Waals surface area contributed by atoms with E-state index < -0.39 is 30.0 Å². The van der Waals surface area contributed by atoms with Gasteiger partial charge >= 0.3 is 5.97 Å². The van der Waals surface area contributed by atoms with Gasteiger partial charge in [-0.2, -0.15) is 11.8 Å². The normalized spacial score (nSPS) is 14.4. The first-order chi connectivity index (χ1) is 20.3. The molecule has 0 saturated carbocycles. The van der Waals surface area contributed by atoms with E-state index in [0.717, 1.165) is 33.6 Å². The molecular weight excluding hydrogens is 546 g/mol. The van der Waals surface area contributed by atoms with E-state index in [1.807, 2.05) is 74.7 Å². The van der Waals surface area contributed by atoms with Gasteiger partial charge in [-0.25, -0.2) is 4.79 Å². The average molecular weight is 588 g/mol. The Labute approximate surface area is 253 Å². The summed E-state index contributed by atoms with van der Waals surface area (Å²) in [6.45, 7) is 4.12. The molecule has 1 aliphatic rings. The molecule has 42 heavy (non-hydrogen) atoms. The number of carbonyl (C=O) groups is 3. The van der Waals surface area contributed by atoms with Gasteiger partial charge in [-0.15, -0.1) is 0 Å². The quantitative estimate of drug-likeness (QED) is 0.236. The van der Waals surface area contributed by atoms with Gasteiger partial charge in [0.25, 0.3) is 0 Å². The molecule has 7 nitrogen and oxygen atoms in total. The minimum absolute atomic E-state index is 0.0924. The van der Waals surface area contributed by atoms with E-state index in [2.05, 4.69) is 34.9 Å². The number of carbonyl (C=O) groups excluding carboxylic acids is 3. The Balaban J connectivity index is 1.50. The molecule has 0 bridgehead atoms. The molecule has 0 unspecified atom stereocenters. The molecule has 8 heteroatoms. The third kappa shape index (κ3) is 8.01. The van der Waals surface area contributed by atoms with Crippen molar-refractivity contribution in [1.82, 2.24) is 10.6 Å². The van der Waals surface area contributed by atoms with Gasteiger partial charge in [0.1, 0.15) is 18.7 Å². The van der Waals surface area contributed by atoms with Crippen molar-refractivity contribution in [2.75, 3.05) is 18.6 Å². The van der Waals surface area contributed by atoms with Crippen molar-refractivity contribution in [1.29, 1.82) is 0 Å². The molecule has 2 amide bonds. The third-order valence-electron chi connectivity index (χ3n) is 7.55. The second-order valence-corrected chi connectivity index (χ2v) is 12.2. The number of benzene rings is 3. The summed E-state index contributed by atoms with van der Waals surface area (Å²) in [5.74, 6) is -0.526. The summed E-state index contributed by atoms with van der Waals surface area (Å²) >= 11 is 1.61. The maximum absolute atomic E-state index is 13.6. The van der Waals surface area contributed by atoms with Crippen LogP contribution in [0.5, 0.6) is 0 Å². The fourth-order valence-corrected chi connectivity index (χ4v) is 5.87. The van der Waals surface area contributed by atoms with E-state index in [-0.39, 0.29) is 30.8 Å². The lowest BCUT2D eigenvalue weighted by molar-refractivity contribution is -0.148. The van der Waals surface area contributed by atoms with Crippen LogP contribution in [0.4, 0.5) is 0 Å². The summed E-state index contributed by atoms with van der Waals surface area (Å²) in [5, 5.41) is 5.73. The van der Waals surface area contributed by atoms with Crippen molar-refractivity contribution in [2.45, 2.75) is 57.2 Å². The second kappa shape index (κ2) is 15.0. The molecule has 0 saturated heterocycles. The van der Waals surface area contributed by atoms with Gasteiger partial charge in [-0.05, 0) is 58.6 Å². The van der Waals surface area contributed by atoms with Gasteiger partial charge in [0, 0.05) is 12.3 Å². The summed E-state index contributed by atoms with van der Waals surface area (Å²) in [6.07, 6.45) is 3.14. The van der Waals surface area contributed by atoms with Crippen molar-refractivity contribution in [2.24, 2.45) is 11.7 Å². The molecule has 0 radical (unpaired) electrons. The van der Waals surface area contributed by atoms with Crippen LogP contribution >= 0.6 is 11.8 Å². The van der Waals surface area contributed by atoms with Crippen molar-refractivity contribution in [3.63, 3.8) is 0 Å². The van der Waals surface area contributed by atoms with Crippen LogP contribution in [0, 0.1) is 5.92 Å². The summed E-state index contributed by atoms with van der Waals surface area (Å²) in [5.41, 5.74) is 11.5. The van der Waals surface area contributed by atoms with Crippen LogP contribution in [0.1, 0.15) is 49.3 Å². The van der Waals surface area contributed by atoms with Crippen LogP contribution in [-0.4, -0.2) is 54.5 Å². The molecule has 0 spiro atoms. The van der Waals surface area contributed by atoms with Gasteiger partial charge < -0.3 is 21.1 Å². The predicted octanol–water partition coefficient (Wildman–Crippen LogP) is 4.68. The Morgan fingerprint density at radius 1 is 0.833 bits per heavy atom. The number of thioether (sulfide) groups is 1. The number of nitrogens with one attached hydrogen (secondary N) is 2. The highest BCUT2D eigenvalue weighted by molar-refractivity contribution is 7.98. The Kier molecular flexibility index (Phi) is 11.2. The molecule has 1 aliphatic carbocycles. The largest absolute Gasteiger partial charge is 0.463 e. The number of esters is 1. The van der Waals surface area contributed by atoms with Gasteiger partial charge in [0.2, 0.25) is 11.8 Å². The van der Waals surface area contributed by atoms with Crippen molar-refractivity contribution >= 4 is 29.5 Å². The molecule has 0 heterocycles. The Bertz CT molecular complexity index is 1320. The maximum atomic E-state index is 13.6. The first-order valence-electron chi connectivity index (χ1n) is 14.5. The Morgan fingerprint density at radius 3 is 2.00 bits per heavy atom. The topological polar surface area (TPSA) is 111 Å². The minimum atomic E-state index is -0.927. The summed E-state index contributed by atoms with van der Waals surface area (Å²) in [6, 6.07) is 23.4. The van der Waals surface area contributed by atoms with Gasteiger partial charge in [0.05, 0.1) is 6.04 Å². The van der Waals surface area contributed by atoms with Crippen molar-refractivity contribution < 1.29 is 19.1 Å². The number of amides is 2. The lowest BCUT2D eigenvalue weighted by Gasteiger charge is -2.25. The van der Waals surface area contributed by atoms with Crippen LogP contribution in [0.15, 0.2) is 78.9 Å². The lowest BCUT2D eigenvalue weighted by atomic mass is 9.98. The molecule has 222 valence electrons. The number of rotatable bonds is 14. The van der Waals surface area contributed by atoms with Crippen LogP contribution < -0.4 is 16.4 Å². The third-order valence-corrected chi connectivity index (χ3v) is 8.19. The average Bonchev–Trinajstić information content (AvgIpc) is 3.31. The number of nitrogens with two attached hydrogens (primary N) is 1. The molecule has 3 aromatic rings. The zero-order chi connectivity index (χ0) is 30.1. The number of hydrogen-bond acceptors (Lipinski definition) is 6. The van der Waals surface area contributed by atoms with Crippen LogP contribution in [0.2, 0.25) is 0 Å². The highest BCUT2D eigenvalue weighted by atomic mass is 32.2. The Morgan fingerprint density at radius 2 is 1.40 bits per heavy atom. The van der Waals surface area contributed by atoms with E-state index in [1.165, 1.54) is 0 Å². The summed E-state index contributed by atoms with van der Waals surface area (Å²) in [7, 11) is 0. The number of ether oxygens (including phenoxy) is 1. The van der Waals surface area contributed by atoms with Gasteiger partial charge in [-0.3, -0.25) is 9.59 Å². The SMILES string of the molecule is CSCC[C@H](N)C(=O)N[C@@H](CC(C)C)C(=O)N[C@H](Cc1ccccc1)C(=O)OCC1c2ccccc2-c2ccccc21. The van der Waals surface area contributed by atoms with E-state index in [1.54, 1.807) is 11.8 Å². The maximum Gasteiger partial charge on any atom is 0.329 e. The fraction of sp³-hybridized carbons (Fsp3) is 0.382. The van der Waals surface area contributed by atoms with Crippen LogP contribution in [0.3, 0.4) is 0 Å². The van der Waals surface area contributed by atoms with E-state index in [0.29, 0.717) is 12.8 Å². The second-order valence-electron chi connectivity index (χ2n) is 11.2. The highest BCUT2D eigenvalue weighted by Gasteiger charge is 2.32. The summed E-state index contributed by atoms with van der Waals surface area (Å²) < 4.78 is 5.94. The van der Waals surface area contributed by atoms with Gasteiger partial charge in [0.15, 0.2) is 0 Å². The number of fused-ring (bicyclic) bond motifs is 3. The summed E-state index contributed by atoms with van der Waals surface area (Å²) in [4.78, 5) is 40.0. The molecular formula is C34H41N3O4S. The standard InChI is InChI=1S/C34H41N3O4S/c1-22(2)19-30(36-32(38)29(35)17-18-42-3)33(39)37-31(20-23-11-5-4-6-12-23)34(40)41-21-28-26-15-9-7-13-24(26)25-14-8-10-16-27(25)28/h4-16,22,28-31H,17-21,35H2,1-3H3,(H,36,38)(H,37,39)/t29-,30-,31+/m0/s1. The Hall–Kier alpha value is -3.62. The van der Waals surface area contributed by atoms with Gasteiger partial charge in [-0.1, -0.05) is 92.7 Å². The van der Waals surface area contributed by atoms with Crippen molar-refractivity contribution in [3.8, 4) is 11.1 Å². The smallest absolute Gasteiger partial charge is 0.329 e. The zero-order valence-corrected chi connectivity index (χ0v) is 25.4. The van der Waals surface area contributed by atoms with Crippen molar-refractivity contribution in [3.05, 3.63) is 95.6 Å². The highest BCUT2D eigenvalue weighted by Crippen LogP contribution is 2.44. The van der Waals surface area contributed by atoms with Crippen LogP contribution in [-0.2, 0) is 25.5 Å².